The van der Waals surface area contributed by atoms with Crippen molar-refractivity contribution in [2.24, 2.45) is 5.73 Å². The van der Waals surface area contributed by atoms with E-state index < -0.39 is 12.0 Å². The van der Waals surface area contributed by atoms with Crippen LogP contribution in [0.1, 0.15) is 18.0 Å². The summed E-state index contributed by atoms with van der Waals surface area (Å²) in [7, 11) is 3.00. The van der Waals surface area contributed by atoms with E-state index in [1.807, 2.05) is 0 Å². The molecular weight excluding hydrogens is 290 g/mol. The Morgan fingerprint density at radius 2 is 2.00 bits per heavy atom. The van der Waals surface area contributed by atoms with Gasteiger partial charge in [0.15, 0.2) is 11.5 Å². The lowest BCUT2D eigenvalue weighted by atomic mass is 10.0. The fraction of sp³-hybridized carbons (Fsp3) is 0.364. The average Bonchev–Trinajstić information content (AvgIpc) is 2.27. The summed E-state index contributed by atoms with van der Waals surface area (Å²) in [5, 5.41) is 8.73. The molecule has 0 aliphatic heterocycles. The van der Waals surface area contributed by atoms with Crippen LogP contribution in [0.25, 0.3) is 0 Å². The average molecular weight is 304 g/mol. The molecule has 0 spiro atoms. The molecule has 0 bridgehead atoms. The first kappa shape index (κ1) is 13.8. The molecule has 0 saturated carbocycles. The van der Waals surface area contributed by atoms with E-state index in [4.69, 9.17) is 20.3 Å². The maximum atomic E-state index is 10.6. The number of aliphatic carboxylic acids is 1. The van der Waals surface area contributed by atoms with Crippen molar-refractivity contribution in [3.8, 4) is 11.5 Å². The zero-order chi connectivity index (χ0) is 13.0. The van der Waals surface area contributed by atoms with E-state index in [0.29, 0.717) is 17.1 Å². The topological polar surface area (TPSA) is 81.8 Å². The van der Waals surface area contributed by atoms with Gasteiger partial charge in [-0.25, -0.2) is 0 Å². The van der Waals surface area contributed by atoms with Crippen LogP contribution in [0.2, 0.25) is 0 Å². The predicted octanol–water partition coefficient (Wildman–Crippen LogP) is 1.94. The fourth-order valence-electron chi connectivity index (χ4n) is 1.54. The van der Waals surface area contributed by atoms with Gasteiger partial charge in [-0.1, -0.05) is 6.07 Å². The molecule has 0 amide bonds. The molecule has 1 atom stereocenters. The van der Waals surface area contributed by atoms with Gasteiger partial charge in [-0.2, -0.15) is 0 Å². The van der Waals surface area contributed by atoms with Crippen molar-refractivity contribution in [3.05, 3.63) is 22.2 Å². The minimum absolute atomic E-state index is 0.166. The van der Waals surface area contributed by atoms with E-state index in [9.17, 15) is 4.79 Å². The summed E-state index contributed by atoms with van der Waals surface area (Å²) in [5.41, 5.74) is 6.42. The van der Waals surface area contributed by atoms with Crippen molar-refractivity contribution in [2.45, 2.75) is 12.5 Å². The molecule has 0 saturated heterocycles. The number of carbonyl (C=O) groups is 1. The number of hydrogen-bond acceptors (Lipinski definition) is 4. The van der Waals surface area contributed by atoms with Crippen LogP contribution in [0.5, 0.6) is 11.5 Å². The van der Waals surface area contributed by atoms with Crippen LogP contribution < -0.4 is 15.2 Å². The Morgan fingerprint density at radius 1 is 1.41 bits per heavy atom. The molecular formula is C11H14BrNO4. The van der Waals surface area contributed by atoms with Gasteiger partial charge in [-0.15, -0.1) is 0 Å². The highest BCUT2D eigenvalue weighted by Gasteiger charge is 2.20. The standard InChI is InChI=1S/C11H14BrNO4/c1-16-10-6(8(13)5-9(14)15)3-4-7(12)11(10)17-2/h3-4,8H,5,13H2,1-2H3,(H,14,15). The van der Waals surface area contributed by atoms with Gasteiger partial charge in [-0.05, 0) is 22.0 Å². The first-order chi connectivity index (χ1) is 8.01. The summed E-state index contributed by atoms with van der Waals surface area (Å²) < 4.78 is 11.1. The second-order valence-corrected chi connectivity index (χ2v) is 4.26. The van der Waals surface area contributed by atoms with Crippen molar-refractivity contribution in [1.29, 1.82) is 0 Å². The van der Waals surface area contributed by atoms with Crippen LogP contribution in [0.15, 0.2) is 16.6 Å². The zero-order valence-corrected chi connectivity index (χ0v) is 11.2. The molecule has 1 unspecified atom stereocenters. The number of benzene rings is 1. The third kappa shape index (κ3) is 3.10. The Bertz CT molecular complexity index is 422. The number of nitrogens with two attached hydrogens (primary N) is 1. The van der Waals surface area contributed by atoms with Crippen molar-refractivity contribution in [2.75, 3.05) is 14.2 Å². The van der Waals surface area contributed by atoms with Gasteiger partial charge in [0.25, 0.3) is 0 Å². The number of hydrogen-bond donors (Lipinski definition) is 2. The number of methoxy groups -OCH3 is 2. The number of ether oxygens (including phenoxy) is 2. The molecule has 3 N–H and O–H groups in total. The van der Waals surface area contributed by atoms with Gasteiger partial charge in [-0.3, -0.25) is 4.79 Å². The highest BCUT2D eigenvalue weighted by atomic mass is 79.9. The van der Waals surface area contributed by atoms with Crippen molar-refractivity contribution < 1.29 is 19.4 Å². The molecule has 94 valence electrons. The molecule has 0 aliphatic rings. The van der Waals surface area contributed by atoms with Crippen LogP contribution in [0.4, 0.5) is 0 Å². The molecule has 6 heteroatoms. The van der Waals surface area contributed by atoms with Gasteiger partial charge in [0, 0.05) is 11.6 Å². The fourth-order valence-corrected chi connectivity index (χ4v) is 2.02. The molecule has 0 fully saturated rings. The van der Waals surface area contributed by atoms with Gasteiger partial charge >= 0.3 is 5.97 Å². The predicted molar refractivity (Wildman–Crippen MR) is 66.4 cm³/mol. The van der Waals surface area contributed by atoms with Gasteiger partial charge < -0.3 is 20.3 Å². The molecule has 0 radical (unpaired) electrons. The van der Waals surface area contributed by atoms with Crippen LogP contribution in [-0.4, -0.2) is 25.3 Å². The SMILES string of the molecule is COc1c(Br)ccc(C(N)CC(=O)O)c1OC. The molecule has 1 aromatic carbocycles. The molecule has 0 aliphatic carbocycles. The summed E-state index contributed by atoms with van der Waals surface area (Å²) in [6.45, 7) is 0. The van der Waals surface area contributed by atoms with Gasteiger partial charge in [0.1, 0.15) is 0 Å². The quantitative estimate of drug-likeness (QED) is 0.869. The van der Waals surface area contributed by atoms with Crippen molar-refractivity contribution in [3.63, 3.8) is 0 Å². The van der Waals surface area contributed by atoms with E-state index in [1.54, 1.807) is 12.1 Å². The number of carboxylic acid groups (broad SMARTS) is 1. The zero-order valence-electron chi connectivity index (χ0n) is 9.57. The maximum absolute atomic E-state index is 10.6. The molecule has 0 heterocycles. The highest BCUT2D eigenvalue weighted by molar-refractivity contribution is 9.10. The first-order valence-corrected chi connectivity index (χ1v) is 5.68. The normalized spacial score (nSPS) is 12.0. The molecule has 17 heavy (non-hydrogen) atoms. The minimum Gasteiger partial charge on any atom is -0.492 e. The second-order valence-electron chi connectivity index (χ2n) is 3.41. The number of rotatable bonds is 5. The van der Waals surface area contributed by atoms with Crippen LogP contribution in [0, 0.1) is 0 Å². The Kier molecular flexibility index (Phi) is 4.77. The molecule has 1 rings (SSSR count). The minimum atomic E-state index is -0.957. The van der Waals surface area contributed by atoms with Gasteiger partial charge in [0.2, 0.25) is 0 Å². The van der Waals surface area contributed by atoms with Gasteiger partial charge in [0.05, 0.1) is 25.1 Å². The Labute approximate surface area is 108 Å². The van der Waals surface area contributed by atoms with E-state index in [1.165, 1.54) is 14.2 Å². The third-order valence-electron chi connectivity index (χ3n) is 2.30. The lowest BCUT2D eigenvalue weighted by molar-refractivity contribution is -0.137. The van der Waals surface area contributed by atoms with E-state index in [-0.39, 0.29) is 6.42 Å². The third-order valence-corrected chi connectivity index (χ3v) is 2.92. The first-order valence-electron chi connectivity index (χ1n) is 4.89. The maximum Gasteiger partial charge on any atom is 0.305 e. The smallest absolute Gasteiger partial charge is 0.305 e. The largest absolute Gasteiger partial charge is 0.492 e. The summed E-state index contributed by atoms with van der Waals surface area (Å²) in [4.78, 5) is 10.6. The van der Waals surface area contributed by atoms with Crippen molar-refractivity contribution >= 4 is 21.9 Å². The monoisotopic (exact) mass is 303 g/mol. The summed E-state index contributed by atoms with van der Waals surface area (Å²) in [6, 6.07) is 2.83. The Hall–Kier alpha value is -1.27. The van der Waals surface area contributed by atoms with E-state index in [2.05, 4.69) is 15.9 Å². The Balaban J connectivity index is 3.19. The van der Waals surface area contributed by atoms with Crippen LogP contribution in [-0.2, 0) is 4.79 Å². The van der Waals surface area contributed by atoms with Crippen molar-refractivity contribution in [1.82, 2.24) is 0 Å². The summed E-state index contributed by atoms with van der Waals surface area (Å²) in [6.07, 6.45) is -0.166. The molecule has 0 aromatic heterocycles. The molecule has 1 aromatic rings. The van der Waals surface area contributed by atoms with E-state index >= 15 is 0 Å². The van der Waals surface area contributed by atoms with Crippen LogP contribution in [0.3, 0.4) is 0 Å². The Morgan fingerprint density at radius 3 is 2.47 bits per heavy atom. The van der Waals surface area contributed by atoms with Crippen LogP contribution >= 0.6 is 15.9 Å². The number of carboxylic acids is 1. The highest BCUT2D eigenvalue weighted by Crippen LogP contribution is 2.40. The lowest BCUT2D eigenvalue weighted by Crippen LogP contribution is -2.16. The number of halogens is 1. The molecule has 5 nitrogen and oxygen atoms in total. The lowest BCUT2D eigenvalue weighted by Gasteiger charge is -2.17. The second kappa shape index (κ2) is 5.88. The summed E-state index contributed by atoms with van der Waals surface area (Å²) in [5.74, 6) is 0.00269. The summed E-state index contributed by atoms with van der Waals surface area (Å²) >= 11 is 3.32. The van der Waals surface area contributed by atoms with E-state index in [0.717, 1.165) is 4.47 Å².